The first-order chi connectivity index (χ1) is 8.60. The number of hydrogen-bond acceptors (Lipinski definition) is 2. The van der Waals surface area contributed by atoms with E-state index in [-0.39, 0.29) is 10.0 Å². The Morgan fingerprint density at radius 1 is 1.00 bits per heavy atom. The van der Waals surface area contributed by atoms with Crippen LogP contribution in [0.5, 0.6) is 11.5 Å². The molecule has 0 bridgehead atoms. The average molecular weight is 285 g/mol. The van der Waals surface area contributed by atoms with E-state index < -0.39 is 5.82 Å². The number of hydrogen-bond donors (Lipinski definition) is 0. The van der Waals surface area contributed by atoms with Gasteiger partial charge in [0, 0.05) is 17.7 Å². The van der Waals surface area contributed by atoms with Gasteiger partial charge in [0.15, 0.2) is 6.29 Å². The highest BCUT2D eigenvalue weighted by Gasteiger charge is 2.05. The van der Waals surface area contributed by atoms with Crippen LogP contribution in [0.1, 0.15) is 10.4 Å². The third kappa shape index (κ3) is 2.81. The predicted molar refractivity (Wildman–Crippen MR) is 68.3 cm³/mol. The number of carbonyl (C=O) groups excluding carboxylic acids is 1. The van der Waals surface area contributed by atoms with E-state index in [0.29, 0.717) is 23.3 Å². The number of ether oxygens (including phenoxy) is 1. The van der Waals surface area contributed by atoms with Gasteiger partial charge in [-0.1, -0.05) is 23.2 Å². The molecule has 0 heterocycles. The van der Waals surface area contributed by atoms with Gasteiger partial charge in [0.2, 0.25) is 0 Å². The molecule has 18 heavy (non-hydrogen) atoms. The number of halogens is 3. The lowest BCUT2D eigenvalue weighted by molar-refractivity contribution is 0.112. The monoisotopic (exact) mass is 284 g/mol. The number of aldehydes is 1. The Bertz CT molecular complexity index is 600. The van der Waals surface area contributed by atoms with E-state index >= 15 is 0 Å². The van der Waals surface area contributed by atoms with Crippen molar-refractivity contribution in [3.63, 3.8) is 0 Å². The van der Waals surface area contributed by atoms with Crippen LogP contribution in [0, 0.1) is 5.82 Å². The van der Waals surface area contributed by atoms with Gasteiger partial charge < -0.3 is 4.74 Å². The van der Waals surface area contributed by atoms with Crippen LogP contribution in [-0.2, 0) is 0 Å². The second-order valence-electron chi connectivity index (χ2n) is 3.48. The first-order valence-corrected chi connectivity index (χ1v) is 5.73. The molecule has 2 nitrogen and oxygen atoms in total. The van der Waals surface area contributed by atoms with E-state index in [1.807, 2.05) is 0 Å². The Labute approximate surface area is 113 Å². The summed E-state index contributed by atoms with van der Waals surface area (Å²) in [4.78, 5) is 10.6. The van der Waals surface area contributed by atoms with Crippen LogP contribution < -0.4 is 4.74 Å². The molecule has 0 fully saturated rings. The largest absolute Gasteiger partial charge is 0.457 e. The third-order valence-corrected chi connectivity index (χ3v) is 2.86. The summed E-state index contributed by atoms with van der Waals surface area (Å²) in [6, 6.07) is 8.68. The van der Waals surface area contributed by atoms with E-state index in [1.54, 1.807) is 6.07 Å². The molecule has 0 saturated heterocycles. The summed E-state index contributed by atoms with van der Waals surface area (Å²) in [7, 11) is 0. The van der Waals surface area contributed by atoms with Gasteiger partial charge in [0.25, 0.3) is 0 Å². The van der Waals surface area contributed by atoms with Crippen molar-refractivity contribution in [1.29, 1.82) is 0 Å². The minimum Gasteiger partial charge on any atom is -0.457 e. The quantitative estimate of drug-likeness (QED) is 0.761. The second kappa shape index (κ2) is 5.38. The van der Waals surface area contributed by atoms with Gasteiger partial charge in [-0.2, -0.15) is 0 Å². The molecule has 0 unspecified atom stereocenters. The van der Waals surface area contributed by atoms with Crippen LogP contribution in [-0.4, -0.2) is 6.29 Å². The SMILES string of the molecule is O=Cc1ccc(Oc2ccc(Cl)c(F)c2)cc1Cl. The molecule has 2 rings (SSSR count). The fraction of sp³-hybridized carbons (Fsp3) is 0. The summed E-state index contributed by atoms with van der Waals surface area (Å²) in [5.74, 6) is 0.143. The second-order valence-corrected chi connectivity index (χ2v) is 4.29. The maximum absolute atomic E-state index is 13.2. The molecular weight excluding hydrogens is 278 g/mol. The zero-order valence-corrected chi connectivity index (χ0v) is 10.5. The maximum Gasteiger partial charge on any atom is 0.151 e. The van der Waals surface area contributed by atoms with Crippen LogP contribution in [0.15, 0.2) is 36.4 Å². The van der Waals surface area contributed by atoms with Gasteiger partial charge in [-0.05, 0) is 24.3 Å². The van der Waals surface area contributed by atoms with E-state index in [2.05, 4.69) is 0 Å². The summed E-state index contributed by atoms with van der Waals surface area (Å²) in [6.07, 6.45) is 0.647. The zero-order valence-electron chi connectivity index (χ0n) is 8.99. The fourth-order valence-corrected chi connectivity index (χ4v) is 1.68. The van der Waals surface area contributed by atoms with E-state index in [4.69, 9.17) is 27.9 Å². The Hall–Kier alpha value is -1.58. The van der Waals surface area contributed by atoms with Gasteiger partial charge in [-0.3, -0.25) is 4.79 Å². The summed E-state index contributed by atoms with van der Waals surface area (Å²) in [5, 5.41) is 0.300. The van der Waals surface area contributed by atoms with Crippen molar-refractivity contribution < 1.29 is 13.9 Å². The van der Waals surface area contributed by atoms with Gasteiger partial charge in [-0.15, -0.1) is 0 Å². The van der Waals surface area contributed by atoms with Crippen molar-refractivity contribution in [2.45, 2.75) is 0 Å². The minimum absolute atomic E-state index is 0.0247. The van der Waals surface area contributed by atoms with E-state index in [9.17, 15) is 9.18 Å². The molecule has 0 atom stereocenters. The highest BCUT2D eigenvalue weighted by atomic mass is 35.5. The third-order valence-electron chi connectivity index (χ3n) is 2.23. The number of carbonyl (C=O) groups is 1. The van der Waals surface area contributed by atoms with Gasteiger partial charge >= 0.3 is 0 Å². The molecule has 0 aliphatic heterocycles. The molecule has 0 aliphatic carbocycles. The molecule has 0 saturated carbocycles. The van der Waals surface area contributed by atoms with Crippen molar-refractivity contribution in [1.82, 2.24) is 0 Å². The smallest absolute Gasteiger partial charge is 0.151 e. The first-order valence-electron chi connectivity index (χ1n) is 4.98. The van der Waals surface area contributed by atoms with Crippen LogP contribution in [0.2, 0.25) is 10.0 Å². The molecule has 0 radical (unpaired) electrons. The van der Waals surface area contributed by atoms with Gasteiger partial charge in [0.05, 0.1) is 10.0 Å². The summed E-state index contributed by atoms with van der Waals surface area (Å²) in [6.45, 7) is 0. The van der Waals surface area contributed by atoms with Gasteiger partial charge in [0.1, 0.15) is 17.3 Å². The van der Waals surface area contributed by atoms with Crippen LogP contribution in [0.3, 0.4) is 0 Å². The Kier molecular flexibility index (Phi) is 3.84. The molecular formula is C13H7Cl2FO2. The van der Waals surface area contributed by atoms with E-state index in [1.165, 1.54) is 30.3 Å². The molecule has 0 N–H and O–H groups in total. The van der Waals surface area contributed by atoms with Crippen molar-refractivity contribution in [3.8, 4) is 11.5 Å². The van der Waals surface area contributed by atoms with Crippen LogP contribution in [0.4, 0.5) is 4.39 Å². The average Bonchev–Trinajstić information content (AvgIpc) is 2.34. The molecule has 0 aliphatic rings. The van der Waals surface area contributed by atoms with Crippen molar-refractivity contribution >= 4 is 29.5 Å². The lowest BCUT2D eigenvalue weighted by atomic mass is 10.2. The highest BCUT2D eigenvalue weighted by molar-refractivity contribution is 6.33. The lowest BCUT2D eigenvalue weighted by Gasteiger charge is -2.07. The predicted octanol–water partition coefficient (Wildman–Crippen LogP) is 4.74. The van der Waals surface area contributed by atoms with Crippen LogP contribution in [0.25, 0.3) is 0 Å². The zero-order chi connectivity index (χ0) is 13.1. The summed E-state index contributed by atoms with van der Waals surface area (Å²) in [5.41, 5.74) is 0.367. The summed E-state index contributed by atoms with van der Waals surface area (Å²) >= 11 is 11.4. The maximum atomic E-state index is 13.2. The number of benzene rings is 2. The van der Waals surface area contributed by atoms with Crippen molar-refractivity contribution in [2.75, 3.05) is 0 Å². The van der Waals surface area contributed by atoms with E-state index in [0.717, 1.165) is 0 Å². The van der Waals surface area contributed by atoms with Crippen molar-refractivity contribution in [3.05, 3.63) is 57.8 Å². The molecule has 2 aromatic rings. The molecule has 0 amide bonds. The normalized spacial score (nSPS) is 10.2. The topological polar surface area (TPSA) is 26.3 Å². The molecule has 0 aromatic heterocycles. The molecule has 92 valence electrons. The Morgan fingerprint density at radius 3 is 2.28 bits per heavy atom. The number of rotatable bonds is 3. The van der Waals surface area contributed by atoms with Crippen LogP contribution >= 0.6 is 23.2 Å². The lowest BCUT2D eigenvalue weighted by Crippen LogP contribution is -1.88. The minimum atomic E-state index is -0.565. The first kappa shape index (κ1) is 12.9. The fourth-order valence-electron chi connectivity index (χ4n) is 1.34. The van der Waals surface area contributed by atoms with Crippen molar-refractivity contribution in [2.24, 2.45) is 0 Å². The Balaban J connectivity index is 2.25. The van der Waals surface area contributed by atoms with Gasteiger partial charge in [-0.25, -0.2) is 4.39 Å². The highest BCUT2D eigenvalue weighted by Crippen LogP contribution is 2.28. The summed E-state index contributed by atoms with van der Waals surface area (Å²) < 4.78 is 18.6. The molecule has 0 spiro atoms. The standard InChI is InChI=1S/C13H7Cl2FO2/c14-11-4-3-10(6-13(11)16)18-9-2-1-8(7-17)12(15)5-9/h1-7H. The molecule has 2 aromatic carbocycles. The Morgan fingerprint density at radius 2 is 1.67 bits per heavy atom. The molecule has 5 heteroatoms.